The molecule has 2 heterocycles. The Labute approximate surface area is 134 Å². The van der Waals surface area contributed by atoms with E-state index < -0.39 is 10.0 Å². The molecule has 0 spiro atoms. The molecule has 1 aromatic heterocycles. The molecule has 114 valence electrons. The Hall–Kier alpha value is 0.150. The number of thiophene rings is 1. The summed E-state index contributed by atoms with van der Waals surface area (Å²) in [7, 11) is -3.56. The zero-order valence-electron chi connectivity index (χ0n) is 11.2. The first-order valence-electron chi connectivity index (χ1n) is 6.55. The molecular formula is C12H18Cl2N2O2S2. The van der Waals surface area contributed by atoms with E-state index in [0.29, 0.717) is 10.9 Å². The van der Waals surface area contributed by atoms with Crippen molar-refractivity contribution in [2.75, 3.05) is 26.2 Å². The highest BCUT2D eigenvalue weighted by atomic mass is 35.5. The Kier molecular flexibility index (Phi) is 5.73. The van der Waals surface area contributed by atoms with E-state index in [1.807, 2.05) is 0 Å². The molecule has 1 fully saturated rings. The summed E-state index contributed by atoms with van der Waals surface area (Å²) in [5, 5.41) is 0. The second kappa shape index (κ2) is 6.94. The van der Waals surface area contributed by atoms with Gasteiger partial charge < -0.3 is 4.90 Å². The minimum absolute atomic E-state index is 0.0708. The van der Waals surface area contributed by atoms with Crippen LogP contribution in [0.5, 0.6) is 0 Å². The van der Waals surface area contributed by atoms with Gasteiger partial charge in [-0.05, 0) is 37.9 Å². The van der Waals surface area contributed by atoms with Crippen LogP contribution in [0.3, 0.4) is 0 Å². The number of sulfonamides is 1. The molecule has 1 saturated heterocycles. The Morgan fingerprint density at radius 3 is 2.60 bits per heavy atom. The summed E-state index contributed by atoms with van der Waals surface area (Å²) in [6, 6.07) is 1.39. The van der Waals surface area contributed by atoms with Crippen LogP contribution in [-0.2, 0) is 10.0 Å². The van der Waals surface area contributed by atoms with Crippen molar-refractivity contribution in [1.29, 1.82) is 0 Å². The van der Waals surface area contributed by atoms with E-state index in [2.05, 4.69) is 16.5 Å². The minimum atomic E-state index is -3.56. The van der Waals surface area contributed by atoms with Gasteiger partial charge in [0.2, 0.25) is 10.0 Å². The third-order valence-corrected chi connectivity index (χ3v) is 6.73. The predicted octanol–water partition coefficient (Wildman–Crippen LogP) is 3.07. The Morgan fingerprint density at radius 1 is 1.40 bits per heavy atom. The number of halogens is 2. The van der Waals surface area contributed by atoms with Crippen molar-refractivity contribution < 1.29 is 8.42 Å². The van der Waals surface area contributed by atoms with Gasteiger partial charge in [-0.1, -0.05) is 30.1 Å². The lowest BCUT2D eigenvalue weighted by Crippen LogP contribution is -2.39. The highest BCUT2D eigenvalue weighted by Crippen LogP contribution is 2.33. The topological polar surface area (TPSA) is 49.4 Å². The monoisotopic (exact) mass is 356 g/mol. The molecule has 1 N–H and O–H groups in total. The number of hydrogen-bond donors (Lipinski definition) is 1. The lowest BCUT2D eigenvalue weighted by Gasteiger charge is -2.30. The van der Waals surface area contributed by atoms with Crippen molar-refractivity contribution in [2.45, 2.75) is 24.7 Å². The molecule has 0 bridgehead atoms. The fourth-order valence-corrected chi connectivity index (χ4v) is 5.38. The van der Waals surface area contributed by atoms with Crippen molar-refractivity contribution in [2.24, 2.45) is 5.92 Å². The number of rotatable bonds is 5. The fourth-order valence-electron chi connectivity index (χ4n) is 2.21. The Bertz CT molecular complexity index is 552. The van der Waals surface area contributed by atoms with E-state index in [-0.39, 0.29) is 9.23 Å². The Balaban J connectivity index is 1.85. The highest BCUT2D eigenvalue weighted by molar-refractivity contribution is 7.89. The summed E-state index contributed by atoms with van der Waals surface area (Å²) in [6.45, 7) is 5.44. The maximum atomic E-state index is 12.1. The molecule has 1 aliphatic heterocycles. The quantitative estimate of drug-likeness (QED) is 0.881. The molecule has 4 nitrogen and oxygen atoms in total. The molecule has 1 aromatic rings. The van der Waals surface area contributed by atoms with Crippen molar-refractivity contribution in [1.82, 2.24) is 9.62 Å². The normalized spacial score (nSPS) is 18.6. The third-order valence-electron chi connectivity index (χ3n) is 3.51. The smallest absolute Gasteiger partial charge is 0.243 e. The summed E-state index contributed by atoms with van der Waals surface area (Å²) in [6.07, 6.45) is 2.36. The number of nitrogens with zero attached hydrogens (tertiary/aromatic N) is 1. The van der Waals surface area contributed by atoms with E-state index in [0.717, 1.165) is 36.9 Å². The largest absolute Gasteiger partial charge is 0.302 e. The molecule has 0 unspecified atom stereocenters. The molecule has 8 heteroatoms. The maximum Gasteiger partial charge on any atom is 0.243 e. The van der Waals surface area contributed by atoms with Crippen molar-refractivity contribution in [3.63, 3.8) is 0 Å². The second-order valence-electron chi connectivity index (χ2n) is 5.11. The summed E-state index contributed by atoms with van der Waals surface area (Å²) in [5.74, 6) is 0.773. The summed E-state index contributed by atoms with van der Waals surface area (Å²) in [4.78, 5) is 2.35. The molecular weight excluding hydrogens is 339 g/mol. The minimum Gasteiger partial charge on any atom is -0.302 e. The lowest BCUT2D eigenvalue weighted by molar-refractivity contribution is 0.195. The molecule has 0 amide bonds. The summed E-state index contributed by atoms with van der Waals surface area (Å²) >= 11 is 12.7. The van der Waals surface area contributed by atoms with Crippen LogP contribution in [0.15, 0.2) is 11.0 Å². The molecule has 1 aliphatic rings. The van der Waals surface area contributed by atoms with Gasteiger partial charge in [0.25, 0.3) is 0 Å². The lowest BCUT2D eigenvalue weighted by atomic mass is 9.99. The SMILES string of the molecule is CC1CCN(CCNS(=O)(=O)c2cc(Cl)sc2Cl)CC1. The van der Waals surface area contributed by atoms with Crippen LogP contribution in [0, 0.1) is 5.92 Å². The molecule has 2 rings (SSSR count). The molecule has 0 radical (unpaired) electrons. The molecule has 0 aromatic carbocycles. The van der Waals surface area contributed by atoms with Gasteiger partial charge in [-0.3, -0.25) is 0 Å². The van der Waals surface area contributed by atoms with Gasteiger partial charge in [0.1, 0.15) is 9.23 Å². The number of likely N-dealkylation sites (tertiary alicyclic amines) is 1. The number of nitrogens with one attached hydrogen (secondary N) is 1. The van der Waals surface area contributed by atoms with E-state index in [1.54, 1.807) is 0 Å². The Morgan fingerprint density at radius 2 is 2.05 bits per heavy atom. The van der Waals surface area contributed by atoms with Gasteiger partial charge in [0, 0.05) is 13.1 Å². The average Bonchev–Trinajstić information content (AvgIpc) is 2.72. The number of piperidine rings is 1. The van der Waals surface area contributed by atoms with Crippen LogP contribution >= 0.6 is 34.5 Å². The number of hydrogen-bond acceptors (Lipinski definition) is 4. The first-order valence-corrected chi connectivity index (χ1v) is 9.61. The van der Waals surface area contributed by atoms with E-state index in [4.69, 9.17) is 23.2 Å². The van der Waals surface area contributed by atoms with Crippen LogP contribution in [-0.4, -0.2) is 39.5 Å². The first-order chi connectivity index (χ1) is 9.38. The van der Waals surface area contributed by atoms with E-state index in [1.165, 1.54) is 18.9 Å². The van der Waals surface area contributed by atoms with Gasteiger partial charge in [0.05, 0.1) is 4.34 Å². The van der Waals surface area contributed by atoms with E-state index >= 15 is 0 Å². The van der Waals surface area contributed by atoms with Gasteiger partial charge in [-0.15, -0.1) is 11.3 Å². The second-order valence-corrected chi connectivity index (χ2v) is 9.13. The summed E-state index contributed by atoms with van der Waals surface area (Å²) in [5.41, 5.74) is 0. The fraction of sp³-hybridized carbons (Fsp3) is 0.667. The maximum absolute atomic E-state index is 12.1. The first kappa shape index (κ1) is 16.5. The molecule has 0 atom stereocenters. The van der Waals surface area contributed by atoms with Gasteiger partial charge in [0.15, 0.2) is 0 Å². The zero-order chi connectivity index (χ0) is 14.8. The van der Waals surface area contributed by atoms with Crippen LogP contribution < -0.4 is 4.72 Å². The zero-order valence-corrected chi connectivity index (χ0v) is 14.4. The van der Waals surface area contributed by atoms with Crippen LogP contribution in [0.4, 0.5) is 0 Å². The van der Waals surface area contributed by atoms with Crippen molar-refractivity contribution in [3.8, 4) is 0 Å². The van der Waals surface area contributed by atoms with Gasteiger partial charge in [-0.2, -0.15) is 0 Å². The highest BCUT2D eigenvalue weighted by Gasteiger charge is 2.21. The molecule has 0 saturated carbocycles. The molecule has 20 heavy (non-hydrogen) atoms. The average molecular weight is 357 g/mol. The van der Waals surface area contributed by atoms with Crippen LogP contribution in [0.2, 0.25) is 8.67 Å². The van der Waals surface area contributed by atoms with E-state index in [9.17, 15) is 8.42 Å². The van der Waals surface area contributed by atoms with Crippen LogP contribution in [0.1, 0.15) is 19.8 Å². The van der Waals surface area contributed by atoms with Crippen molar-refractivity contribution in [3.05, 3.63) is 14.7 Å². The standard InChI is InChI=1S/C12H18Cl2N2O2S2/c1-9-2-5-16(6-3-9)7-4-15-20(17,18)10-8-11(13)19-12(10)14/h8-9,15H,2-7H2,1H3. The van der Waals surface area contributed by atoms with Crippen LogP contribution in [0.25, 0.3) is 0 Å². The summed E-state index contributed by atoms with van der Waals surface area (Å²) < 4.78 is 27.3. The van der Waals surface area contributed by atoms with Gasteiger partial charge in [-0.25, -0.2) is 13.1 Å². The van der Waals surface area contributed by atoms with Crippen molar-refractivity contribution >= 4 is 44.6 Å². The van der Waals surface area contributed by atoms with Gasteiger partial charge >= 0.3 is 0 Å². The molecule has 0 aliphatic carbocycles. The predicted molar refractivity (Wildman–Crippen MR) is 84.4 cm³/mol. The third kappa shape index (κ3) is 4.32.